The molecule has 0 heterocycles. The van der Waals surface area contributed by atoms with Crippen molar-refractivity contribution in [1.82, 2.24) is 5.32 Å². The number of hydrogen-bond donors (Lipinski definition) is 2. The van der Waals surface area contributed by atoms with E-state index in [1.807, 2.05) is 6.92 Å². The van der Waals surface area contributed by atoms with E-state index in [0.29, 0.717) is 12.3 Å². The Bertz CT molecular complexity index is 605. The Morgan fingerprint density at radius 2 is 1.86 bits per heavy atom. The van der Waals surface area contributed by atoms with Crippen LogP contribution < -0.4 is 10.5 Å². The summed E-state index contributed by atoms with van der Waals surface area (Å²) in [6.07, 6.45) is 6.60. The van der Waals surface area contributed by atoms with Crippen molar-refractivity contribution in [3.05, 3.63) is 29.8 Å². The molecule has 0 aliphatic heterocycles. The first-order valence-corrected chi connectivity index (χ1v) is 9.33. The van der Waals surface area contributed by atoms with Gasteiger partial charge in [-0.2, -0.15) is 0 Å². The molecule has 1 atom stereocenters. The lowest BCUT2D eigenvalue weighted by molar-refractivity contribution is -0.122. The van der Waals surface area contributed by atoms with Crippen LogP contribution in [0.3, 0.4) is 0 Å². The number of nitrogens with one attached hydrogen (secondary N) is 1. The SMILES string of the molecule is CC(NC(=O)CCC1CCCC1)c1ccc(S(N)(=O)=O)cc1. The van der Waals surface area contributed by atoms with Gasteiger partial charge in [-0.05, 0) is 37.0 Å². The Kier molecular flexibility index (Phi) is 5.58. The van der Waals surface area contributed by atoms with Gasteiger partial charge in [0.1, 0.15) is 0 Å². The Hall–Kier alpha value is -1.40. The zero-order chi connectivity index (χ0) is 16.2. The minimum atomic E-state index is -3.67. The number of primary sulfonamides is 1. The van der Waals surface area contributed by atoms with Crippen LogP contribution in [0.25, 0.3) is 0 Å². The summed E-state index contributed by atoms with van der Waals surface area (Å²) in [5.74, 6) is 0.755. The third-order valence-corrected chi connectivity index (χ3v) is 5.27. The summed E-state index contributed by atoms with van der Waals surface area (Å²) < 4.78 is 22.4. The molecule has 0 saturated heterocycles. The highest BCUT2D eigenvalue weighted by molar-refractivity contribution is 7.89. The average Bonchev–Trinajstić information content (AvgIpc) is 2.97. The van der Waals surface area contributed by atoms with Crippen LogP contribution in [0.15, 0.2) is 29.2 Å². The third kappa shape index (κ3) is 4.81. The monoisotopic (exact) mass is 324 g/mol. The summed E-state index contributed by atoms with van der Waals surface area (Å²) in [7, 11) is -3.67. The van der Waals surface area contributed by atoms with Gasteiger partial charge in [0, 0.05) is 6.42 Å². The molecule has 1 amide bonds. The van der Waals surface area contributed by atoms with Crippen molar-refractivity contribution in [1.29, 1.82) is 0 Å². The van der Waals surface area contributed by atoms with Crippen molar-refractivity contribution in [2.75, 3.05) is 0 Å². The fraction of sp³-hybridized carbons (Fsp3) is 0.562. The largest absolute Gasteiger partial charge is 0.350 e. The van der Waals surface area contributed by atoms with Crippen molar-refractivity contribution in [2.45, 2.75) is 56.4 Å². The first-order valence-electron chi connectivity index (χ1n) is 7.78. The van der Waals surface area contributed by atoms with Crippen LogP contribution in [-0.4, -0.2) is 14.3 Å². The molecule has 1 aromatic rings. The Morgan fingerprint density at radius 1 is 1.27 bits per heavy atom. The molecule has 1 unspecified atom stereocenters. The van der Waals surface area contributed by atoms with Gasteiger partial charge in [-0.15, -0.1) is 0 Å². The summed E-state index contributed by atoms with van der Waals surface area (Å²) in [5, 5.41) is 8.02. The summed E-state index contributed by atoms with van der Waals surface area (Å²) in [6, 6.07) is 6.15. The van der Waals surface area contributed by atoms with Crippen molar-refractivity contribution in [3.8, 4) is 0 Å². The predicted octanol–water partition coefficient (Wildman–Crippen LogP) is 2.48. The van der Waals surface area contributed by atoms with E-state index in [1.165, 1.54) is 37.8 Å². The maximum absolute atomic E-state index is 12.0. The highest BCUT2D eigenvalue weighted by atomic mass is 32.2. The second-order valence-electron chi connectivity index (χ2n) is 6.09. The Labute approximate surface area is 132 Å². The van der Waals surface area contributed by atoms with Gasteiger partial charge in [-0.3, -0.25) is 4.79 Å². The van der Waals surface area contributed by atoms with Crippen molar-refractivity contribution >= 4 is 15.9 Å². The van der Waals surface area contributed by atoms with Crippen molar-refractivity contribution in [3.63, 3.8) is 0 Å². The molecule has 0 spiro atoms. The number of sulfonamides is 1. The summed E-state index contributed by atoms with van der Waals surface area (Å²) in [6.45, 7) is 1.89. The van der Waals surface area contributed by atoms with Crippen molar-refractivity contribution in [2.24, 2.45) is 11.1 Å². The van der Waals surface area contributed by atoms with Crippen LogP contribution >= 0.6 is 0 Å². The van der Waals surface area contributed by atoms with E-state index in [2.05, 4.69) is 5.32 Å². The molecular formula is C16H24N2O3S. The number of rotatable bonds is 6. The first kappa shape index (κ1) is 17.0. The number of carbonyl (C=O) groups excluding carboxylic acids is 1. The molecule has 0 radical (unpaired) electrons. The molecule has 1 fully saturated rings. The first-order chi connectivity index (χ1) is 10.4. The second kappa shape index (κ2) is 7.24. The lowest BCUT2D eigenvalue weighted by atomic mass is 10.0. The summed E-state index contributed by atoms with van der Waals surface area (Å²) in [4.78, 5) is 12.1. The molecule has 22 heavy (non-hydrogen) atoms. The second-order valence-corrected chi connectivity index (χ2v) is 7.65. The van der Waals surface area contributed by atoms with Crippen LogP contribution in [-0.2, 0) is 14.8 Å². The maximum Gasteiger partial charge on any atom is 0.238 e. The van der Waals surface area contributed by atoms with E-state index in [1.54, 1.807) is 12.1 Å². The van der Waals surface area contributed by atoms with Gasteiger partial charge in [0.05, 0.1) is 10.9 Å². The third-order valence-electron chi connectivity index (χ3n) is 4.34. The molecule has 1 aliphatic carbocycles. The van der Waals surface area contributed by atoms with Gasteiger partial charge in [-0.25, -0.2) is 13.6 Å². The molecule has 6 heteroatoms. The van der Waals surface area contributed by atoms with E-state index in [9.17, 15) is 13.2 Å². The van der Waals surface area contributed by atoms with Gasteiger partial charge in [-0.1, -0.05) is 37.8 Å². The maximum atomic E-state index is 12.0. The summed E-state index contributed by atoms with van der Waals surface area (Å²) in [5.41, 5.74) is 0.863. The molecule has 1 aromatic carbocycles. The molecule has 5 nitrogen and oxygen atoms in total. The van der Waals surface area contributed by atoms with Gasteiger partial charge in [0.15, 0.2) is 0 Å². The molecule has 0 aromatic heterocycles. The van der Waals surface area contributed by atoms with Gasteiger partial charge < -0.3 is 5.32 Å². The molecule has 3 N–H and O–H groups in total. The van der Waals surface area contributed by atoms with Crippen LogP contribution in [0.1, 0.15) is 57.1 Å². The minimum absolute atomic E-state index is 0.0509. The lowest BCUT2D eigenvalue weighted by Gasteiger charge is -2.15. The fourth-order valence-electron chi connectivity index (χ4n) is 2.98. The molecule has 122 valence electrons. The Morgan fingerprint density at radius 3 is 2.41 bits per heavy atom. The molecule has 2 rings (SSSR count). The number of nitrogens with two attached hydrogens (primary N) is 1. The summed E-state index contributed by atoms with van der Waals surface area (Å²) >= 11 is 0. The van der Waals surface area contributed by atoms with Crippen LogP contribution in [0.5, 0.6) is 0 Å². The van der Waals surface area contributed by atoms with Crippen LogP contribution in [0.2, 0.25) is 0 Å². The van der Waals surface area contributed by atoms with E-state index in [0.717, 1.165) is 12.0 Å². The zero-order valence-electron chi connectivity index (χ0n) is 12.9. The molecule has 0 bridgehead atoms. The number of carbonyl (C=O) groups is 1. The minimum Gasteiger partial charge on any atom is -0.350 e. The average molecular weight is 324 g/mol. The predicted molar refractivity (Wildman–Crippen MR) is 85.6 cm³/mol. The van der Waals surface area contributed by atoms with Crippen LogP contribution in [0.4, 0.5) is 0 Å². The molecular weight excluding hydrogens is 300 g/mol. The number of benzene rings is 1. The molecule has 1 saturated carbocycles. The number of hydrogen-bond acceptors (Lipinski definition) is 3. The highest BCUT2D eigenvalue weighted by Crippen LogP contribution is 2.28. The fourth-order valence-corrected chi connectivity index (χ4v) is 3.49. The standard InChI is InChI=1S/C16H24N2O3S/c1-12(14-7-9-15(10-8-14)22(17,20)21)18-16(19)11-6-13-4-2-3-5-13/h7-10,12-13H,2-6,11H2,1H3,(H,18,19)(H2,17,20,21). The van der Waals surface area contributed by atoms with Crippen LogP contribution in [0, 0.1) is 5.92 Å². The van der Waals surface area contributed by atoms with E-state index in [-0.39, 0.29) is 16.8 Å². The zero-order valence-corrected chi connectivity index (χ0v) is 13.7. The van der Waals surface area contributed by atoms with E-state index in [4.69, 9.17) is 5.14 Å². The topological polar surface area (TPSA) is 89.3 Å². The van der Waals surface area contributed by atoms with Gasteiger partial charge in [0.25, 0.3) is 0 Å². The Balaban J connectivity index is 1.85. The van der Waals surface area contributed by atoms with Gasteiger partial charge in [0.2, 0.25) is 15.9 Å². The quantitative estimate of drug-likeness (QED) is 0.842. The normalized spacial score (nSPS) is 17.4. The smallest absolute Gasteiger partial charge is 0.238 e. The van der Waals surface area contributed by atoms with E-state index < -0.39 is 10.0 Å². The lowest BCUT2D eigenvalue weighted by Crippen LogP contribution is -2.26. The van der Waals surface area contributed by atoms with Crippen molar-refractivity contribution < 1.29 is 13.2 Å². The number of amides is 1. The highest BCUT2D eigenvalue weighted by Gasteiger charge is 2.17. The van der Waals surface area contributed by atoms with Gasteiger partial charge >= 0.3 is 0 Å². The molecule has 1 aliphatic rings. The van der Waals surface area contributed by atoms with E-state index >= 15 is 0 Å².